The molecule has 23 heavy (non-hydrogen) atoms. The Hall–Kier alpha value is -1.20. The second-order valence-corrected chi connectivity index (χ2v) is 7.27. The van der Waals surface area contributed by atoms with E-state index < -0.39 is 6.10 Å². The summed E-state index contributed by atoms with van der Waals surface area (Å²) >= 11 is 1.83. The first-order chi connectivity index (χ1) is 11.2. The summed E-state index contributed by atoms with van der Waals surface area (Å²) in [6, 6.07) is 14.4. The molecule has 0 aliphatic rings. The zero-order valence-electron chi connectivity index (χ0n) is 14.1. The van der Waals surface area contributed by atoms with Crippen LogP contribution in [0.1, 0.15) is 28.7 Å². The molecule has 2 rings (SSSR count). The predicted molar refractivity (Wildman–Crippen MR) is 96.7 cm³/mol. The molecule has 0 aliphatic heterocycles. The molecule has 3 nitrogen and oxygen atoms in total. The summed E-state index contributed by atoms with van der Waals surface area (Å²) < 4.78 is 5.64. The van der Waals surface area contributed by atoms with Gasteiger partial charge in [0, 0.05) is 22.8 Å². The highest BCUT2D eigenvalue weighted by molar-refractivity contribution is 7.11. The number of rotatable bonds is 10. The summed E-state index contributed by atoms with van der Waals surface area (Å²) in [5.41, 5.74) is 1.14. The summed E-state index contributed by atoms with van der Waals surface area (Å²) in [6.07, 6.45) is 0.633. The fourth-order valence-electron chi connectivity index (χ4n) is 2.58. The van der Waals surface area contributed by atoms with Crippen molar-refractivity contribution in [1.82, 2.24) is 4.90 Å². The maximum Gasteiger partial charge on any atom is 0.0900 e. The lowest BCUT2D eigenvalue weighted by molar-refractivity contribution is 0.00871. The minimum atomic E-state index is -0.452. The Labute approximate surface area is 143 Å². The molecular formula is C19H27NO2S. The van der Waals surface area contributed by atoms with E-state index in [0.29, 0.717) is 19.8 Å². The largest absolute Gasteiger partial charge is 0.389 e. The van der Waals surface area contributed by atoms with E-state index in [4.69, 9.17) is 4.74 Å². The molecule has 2 aromatic rings. The molecular weight excluding hydrogens is 306 g/mol. The van der Waals surface area contributed by atoms with Crippen LogP contribution in [0, 0.1) is 6.92 Å². The summed E-state index contributed by atoms with van der Waals surface area (Å²) in [5.74, 6) is 0. The van der Waals surface area contributed by atoms with Crippen molar-refractivity contribution in [2.45, 2.75) is 39.5 Å². The van der Waals surface area contributed by atoms with Crippen molar-refractivity contribution in [3.63, 3.8) is 0 Å². The van der Waals surface area contributed by atoms with Crippen LogP contribution in [0.4, 0.5) is 0 Å². The van der Waals surface area contributed by atoms with Gasteiger partial charge in [-0.1, -0.05) is 37.3 Å². The highest BCUT2D eigenvalue weighted by Gasteiger charge is 2.13. The van der Waals surface area contributed by atoms with Gasteiger partial charge in [-0.3, -0.25) is 4.90 Å². The van der Waals surface area contributed by atoms with Crippen molar-refractivity contribution >= 4 is 11.3 Å². The Morgan fingerprint density at radius 2 is 1.96 bits per heavy atom. The average Bonchev–Trinajstić information content (AvgIpc) is 2.93. The van der Waals surface area contributed by atoms with Crippen molar-refractivity contribution in [2.75, 3.05) is 19.7 Å². The third-order valence-electron chi connectivity index (χ3n) is 3.61. The minimum absolute atomic E-state index is 0.374. The van der Waals surface area contributed by atoms with Crippen LogP contribution >= 0.6 is 11.3 Å². The maximum absolute atomic E-state index is 10.2. The quantitative estimate of drug-likeness (QED) is 0.717. The lowest BCUT2D eigenvalue weighted by atomic mass is 10.2. The average molecular weight is 333 g/mol. The first kappa shape index (κ1) is 18.1. The molecule has 0 saturated heterocycles. The van der Waals surface area contributed by atoms with E-state index in [9.17, 15) is 5.11 Å². The minimum Gasteiger partial charge on any atom is -0.389 e. The molecule has 0 unspecified atom stereocenters. The van der Waals surface area contributed by atoms with Gasteiger partial charge in [-0.15, -0.1) is 11.3 Å². The number of nitrogens with zero attached hydrogens (tertiary/aromatic N) is 1. The number of aliphatic hydroxyl groups excluding tert-OH is 1. The Balaban J connectivity index is 1.74. The Morgan fingerprint density at radius 3 is 2.61 bits per heavy atom. The molecule has 0 aliphatic carbocycles. The summed E-state index contributed by atoms with van der Waals surface area (Å²) in [5, 5.41) is 10.2. The van der Waals surface area contributed by atoms with Crippen molar-refractivity contribution < 1.29 is 9.84 Å². The van der Waals surface area contributed by atoms with Crippen LogP contribution < -0.4 is 0 Å². The van der Waals surface area contributed by atoms with Crippen molar-refractivity contribution in [3.8, 4) is 0 Å². The molecule has 1 heterocycles. The number of ether oxygens (including phenoxy) is 1. The highest BCUT2D eigenvalue weighted by Crippen LogP contribution is 2.17. The van der Waals surface area contributed by atoms with Gasteiger partial charge in [-0.2, -0.15) is 0 Å². The Morgan fingerprint density at radius 1 is 1.17 bits per heavy atom. The molecule has 1 atom stereocenters. The topological polar surface area (TPSA) is 32.7 Å². The lowest BCUT2D eigenvalue weighted by Crippen LogP contribution is -2.34. The monoisotopic (exact) mass is 333 g/mol. The van der Waals surface area contributed by atoms with E-state index in [-0.39, 0.29) is 0 Å². The van der Waals surface area contributed by atoms with Gasteiger partial charge >= 0.3 is 0 Å². The number of aliphatic hydroxyl groups is 1. The van der Waals surface area contributed by atoms with Crippen LogP contribution in [-0.4, -0.2) is 35.8 Å². The van der Waals surface area contributed by atoms with Crippen LogP contribution in [0.15, 0.2) is 42.5 Å². The fourth-order valence-corrected chi connectivity index (χ4v) is 3.51. The molecule has 4 heteroatoms. The fraction of sp³-hybridized carbons (Fsp3) is 0.474. The molecule has 0 saturated carbocycles. The molecule has 0 radical (unpaired) electrons. The summed E-state index contributed by atoms with van der Waals surface area (Å²) in [7, 11) is 0. The molecule has 0 fully saturated rings. The standard InChI is InChI=1S/C19H27NO2S/c1-3-11-20(13-19-10-9-16(2)23-19)12-18(21)15-22-14-17-7-5-4-6-8-17/h4-10,18,21H,3,11-15H2,1-2H3/t18-/m1/s1. The van der Waals surface area contributed by atoms with Crippen LogP contribution in [0.3, 0.4) is 0 Å². The Kier molecular flexibility index (Phi) is 7.76. The van der Waals surface area contributed by atoms with Gasteiger partial charge in [0.1, 0.15) is 0 Å². The zero-order valence-corrected chi connectivity index (χ0v) is 14.9. The van der Waals surface area contributed by atoms with E-state index in [1.54, 1.807) is 0 Å². The van der Waals surface area contributed by atoms with E-state index in [1.807, 2.05) is 41.7 Å². The molecule has 0 amide bonds. The van der Waals surface area contributed by atoms with Crippen LogP contribution in [0.5, 0.6) is 0 Å². The molecule has 0 spiro atoms. The van der Waals surface area contributed by atoms with Gasteiger partial charge in [-0.25, -0.2) is 0 Å². The van der Waals surface area contributed by atoms with Gasteiger partial charge in [-0.05, 0) is 37.6 Å². The number of thiophene rings is 1. The van der Waals surface area contributed by atoms with Crippen molar-refractivity contribution in [2.24, 2.45) is 0 Å². The van der Waals surface area contributed by atoms with Gasteiger partial charge in [0.05, 0.1) is 19.3 Å². The summed E-state index contributed by atoms with van der Waals surface area (Å²) in [4.78, 5) is 5.00. The van der Waals surface area contributed by atoms with Crippen LogP contribution in [0.25, 0.3) is 0 Å². The number of aryl methyl sites for hydroxylation is 1. The second-order valence-electron chi connectivity index (χ2n) is 5.90. The van der Waals surface area contributed by atoms with Crippen LogP contribution in [-0.2, 0) is 17.9 Å². The number of benzene rings is 1. The smallest absolute Gasteiger partial charge is 0.0900 e. The van der Waals surface area contributed by atoms with Gasteiger partial charge < -0.3 is 9.84 Å². The van der Waals surface area contributed by atoms with Gasteiger partial charge in [0.2, 0.25) is 0 Å². The molecule has 126 valence electrons. The first-order valence-corrected chi connectivity index (χ1v) is 9.06. The third kappa shape index (κ3) is 6.83. The normalized spacial score (nSPS) is 12.7. The molecule has 1 aromatic heterocycles. The van der Waals surface area contributed by atoms with Crippen molar-refractivity contribution in [3.05, 3.63) is 57.8 Å². The van der Waals surface area contributed by atoms with E-state index >= 15 is 0 Å². The maximum atomic E-state index is 10.2. The molecule has 0 bridgehead atoms. The highest BCUT2D eigenvalue weighted by atomic mass is 32.1. The molecule has 1 N–H and O–H groups in total. The van der Waals surface area contributed by atoms with Crippen molar-refractivity contribution in [1.29, 1.82) is 0 Å². The van der Waals surface area contributed by atoms with Gasteiger partial charge in [0.15, 0.2) is 0 Å². The second kappa shape index (κ2) is 9.83. The zero-order chi connectivity index (χ0) is 16.5. The Bertz CT molecular complexity index is 556. The number of hydrogen-bond donors (Lipinski definition) is 1. The molecule has 1 aromatic carbocycles. The van der Waals surface area contributed by atoms with E-state index in [0.717, 1.165) is 25.1 Å². The third-order valence-corrected chi connectivity index (χ3v) is 4.59. The SMILES string of the molecule is CCCN(Cc1ccc(C)s1)C[C@@H](O)COCc1ccccc1. The van der Waals surface area contributed by atoms with Gasteiger partial charge in [0.25, 0.3) is 0 Å². The van der Waals surface area contributed by atoms with E-state index in [1.165, 1.54) is 9.75 Å². The number of hydrogen-bond acceptors (Lipinski definition) is 4. The summed E-state index contributed by atoms with van der Waals surface area (Å²) in [6.45, 7) is 7.78. The predicted octanol–water partition coefficient (Wildman–Crippen LogP) is 3.85. The first-order valence-electron chi connectivity index (χ1n) is 8.24. The van der Waals surface area contributed by atoms with Crippen LogP contribution in [0.2, 0.25) is 0 Å². The van der Waals surface area contributed by atoms with E-state index in [2.05, 4.69) is 30.9 Å². The lowest BCUT2D eigenvalue weighted by Gasteiger charge is -2.24.